The molecule has 70 heavy (non-hydrogen) atoms. The molecule has 0 saturated carbocycles. The molecular formula is C68H48N2. The van der Waals surface area contributed by atoms with Crippen molar-refractivity contribution in [1.82, 2.24) is 0 Å². The maximum atomic E-state index is 2.36. The predicted molar refractivity (Wildman–Crippen MR) is 298 cm³/mol. The van der Waals surface area contributed by atoms with Gasteiger partial charge in [-0.3, -0.25) is 0 Å². The molecule has 12 rings (SSSR count). The van der Waals surface area contributed by atoms with Crippen LogP contribution in [0.1, 0.15) is 0 Å². The highest BCUT2D eigenvalue weighted by Gasteiger charge is 2.17. The van der Waals surface area contributed by atoms with Crippen molar-refractivity contribution in [3.05, 3.63) is 291 Å². The Bertz CT molecular complexity index is 3480. The third-order valence-corrected chi connectivity index (χ3v) is 13.5. The molecule has 0 unspecified atom stereocenters. The second-order valence-corrected chi connectivity index (χ2v) is 17.7. The summed E-state index contributed by atoms with van der Waals surface area (Å²) in [5.74, 6) is 0. The lowest BCUT2D eigenvalue weighted by Gasteiger charge is -2.27. The molecule has 0 fully saturated rings. The third-order valence-electron chi connectivity index (χ3n) is 13.5. The van der Waals surface area contributed by atoms with Gasteiger partial charge < -0.3 is 9.80 Å². The Balaban J connectivity index is 0.874. The van der Waals surface area contributed by atoms with Crippen molar-refractivity contribution in [3.63, 3.8) is 0 Å². The first-order valence-corrected chi connectivity index (χ1v) is 24.0. The number of hydrogen-bond acceptors (Lipinski definition) is 2. The van der Waals surface area contributed by atoms with Crippen LogP contribution < -0.4 is 9.80 Å². The molecule has 12 aromatic carbocycles. The van der Waals surface area contributed by atoms with Crippen molar-refractivity contribution < 1.29 is 0 Å². The van der Waals surface area contributed by atoms with Crippen molar-refractivity contribution >= 4 is 55.7 Å². The molecule has 0 spiro atoms. The van der Waals surface area contributed by atoms with Gasteiger partial charge in [-0.05, 0) is 150 Å². The molecule has 12 aromatic rings. The van der Waals surface area contributed by atoms with Gasteiger partial charge in [0.1, 0.15) is 0 Å². The summed E-state index contributed by atoms with van der Waals surface area (Å²) in [5, 5.41) is 4.99. The van der Waals surface area contributed by atoms with E-state index in [9.17, 15) is 0 Å². The van der Waals surface area contributed by atoms with Crippen LogP contribution >= 0.6 is 0 Å². The van der Waals surface area contributed by atoms with E-state index < -0.39 is 0 Å². The van der Waals surface area contributed by atoms with Crippen LogP contribution in [0.2, 0.25) is 0 Å². The first-order chi connectivity index (χ1) is 34.7. The number of hydrogen-bond donors (Lipinski definition) is 0. The molecule has 0 aromatic heterocycles. The Morgan fingerprint density at radius 3 is 0.686 bits per heavy atom. The molecule has 330 valence electrons. The van der Waals surface area contributed by atoms with Gasteiger partial charge in [0.2, 0.25) is 0 Å². The minimum Gasteiger partial charge on any atom is -0.311 e. The van der Waals surface area contributed by atoms with E-state index in [2.05, 4.69) is 301 Å². The van der Waals surface area contributed by atoms with E-state index in [0.29, 0.717) is 0 Å². The summed E-state index contributed by atoms with van der Waals surface area (Å²) in [7, 11) is 0. The largest absolute Gasteiger partial charge is 0.311 e. The number of rotatable bonds is 11. The molecule has 0 radical (unpaired) electrons. The van der Waals surface area contributed by atoms with E-state index in [1.807, 2.05) is 0 Å². The van der Waals surface area contributed by atoms with Crippen molar-refractivity contribution in [3.8, 4) is 55.6 Å². The summed E-state index contributed by atoms with van der Waals surface area (Å²) in [4.78, 5) is 4.70. The van der Waals surface area contributed by atoms with Crippen LogP contribution in [0.3, 0.4) is 0 Å². The second kappa shape index (κ2) is 18.8. The molecule has 0 amide bonds. The zero-order valence-electron chi connectivity index (χ0n) is 38.6. The van der Waals surface area contributed by atoms with Gasteiger partial charge in [0, 0.05) is 34.1 Å². The SMILES string of the molecule is c1ccc(-c2ccc(N(c3ccc(-c4ccccc4)cc3)c3ccc(-c4ccc(N(c5ccc(-c6cccc7ccccc67)cc5)c5ccc(-c6cccc7ccccc67)cc5)cc4)cc3)cc2)cc1. The van der Waals surface area contributed by atoms with Crippen molar-refractivity contribution in [2.45, 2.75) is 0 Å². The maximum Gasteiger partial charge on any atom is 0.0462 e. The summed E-state index contributed by atoms with van der Waals surface area (Å²) < 4.78 is 0. The van der Waals surface area contributed by atoms with E-state index in [1.54, 1.807) is 0 Å². The van der Waals surface area contributed by atoms with Crippen LogP contribution in [0.5, 0.6) is 0 Å². The lowest BCUT2D eigenvalue weighted by Crippen LogP contribution is -2.10. The van der Waals surface area contributed by atoms with E-state index in [0.717, 1.165) is 45.3 Å². The monoisotopic (exact) mass is 892 g/mol. The Morgan fingerprint density at radius 1 is 0.157 bits per heavy atom. The van der Waals surface area contributed by atoms with Gasteiger partial charge >= 0.3 is 0 Å². The first kappa shape index (κ1) is 42.1. The molecular weight excluding hydrogens is 845 g/mol. The van der Waals surface area contributed by atoms with Gasteiger partial charge in [-0.2, -0.15) is 0 Å². The zero-order valence-corrected chi connectivity index (χ0v) is 38.6. The molecule has 0 heterocycles. The van der Waals surface area contributed by atoms with Crippen LogP contribution in [0.15, 0.2) is 291 Å². The molecule has 0 bridgehead atoms. The molecule has 0 aliphatic heterocycles. The van der Waals surface area contributed by atoms with E-state index in [-0.39, 0.29) is 0 Å². The fraction of sp³-hybridized carbons (Fsp3) is 0. The van der Waals surface area contributed by atoms with Gasteiger partial charge in [-0.25, -0.2) is 0 Å². The highest BCUT2D eigenvalue weighted by Crippen LogP contribution is 2.41. The lowest BCUT2D eigenvalue weighted by molar-refractivity contribution is 1.28. The average Bonchev–Trinajstić information content (AvgIpc) is 3.44. The van der Waals surface area contributed by atoms with Crippen molar-refractivity contribution in [2.24, 2.45) is 0 Å². The summed E-state index contributed by atoms with van der Waals surface area (Å²) in [6.07, 6.45) is 0. The van der Waals surface area contributed by atoms with Gasteiger partial charge in [0.05, 0.1) is 0 Å². The fourth-order valence-corrected chi connectivity index (χ4v) is 9.90. The third kappa shape index (κ3) is 8.40. The van der Waals surface area contributed by atoms with Crippen molar-refractivity contribution in [1.29, 1.82) is 0 Å². The van der Waals surface area contributed by atoms with Gasteiger partial charge in [-0.15, -0.1) is 0 Å². The lowest BCUT2D eigenvalue weighted by atomic mass is 9.97. The Hall–Kier alpha value is -9.24. The number of nitrogens with zero attached hydrogens (tertiary/aromatic N) is 2. The van der Waals surface area contributed by atoms with Crippen LogP contribution in [0, 0.1) is 0 Å². The van der Waals surface area contributed by atoms with E-state index >= 15 is 0 Å². The number of anilines is 6. The van der Waals surface area contributed by atoms with E-state index in [1.165, 1.54) is 66.1 Å². The Labute approximate surface area is 410 Å². The highest BCUT2D eigenvalue weighted by molar-refractivity contribution is 5.98. The van der Waals surface area contributed by atoms with E-state index in [4.69, 9.17) is 0 Å². The van der Waals surface area contributed by atoms with Crippen LogP contribution in [0.25, 0.3) is 77.2 Å². The summed E-state index contributed by atoms with van der Waals surface area (Å²) in [6, 6.07) is 105. The normalized spacial score (nSPS) is 11.1. The summed E-state index contributed by atoms with van der Waals surface area (Å²) >= 11 is 0. The molecule has 2 nitrogen and oxygen atoms in total. The molecule has 0 saturated heterocycles. The highest BCUT2D eigenvalue weighted by atomic mass is 15.1. The molecule has 0 aliphatic carbocycles. The number of benzene rings is 12. The van der Waals surface area contributed by atoms with Crippen LogP contribution in [-0.2, 0) is 0 Å². The summed E-state index contributed by atoms with van der Waals surface area (Å²) in [5.41, 5.74) is 18.5. The first-order valence-electron chi connectivity index (χ1n) is 24.0. The Morgan fingerprint density at radius 2 is 0.386 bits per heavy atom. The second-order valence-electron chi connectivity index (χ2n) is 17.7. The maximum absolute atomic E-state index is 2.36. The Kier molecular flexibility index (Phi) is 11.3. The molecule has 2 heteroatoms. The zero-order chi connectivity index (χ0) is 46.6. The summed E-state index contributed by atoms with van der Waals surface area (Å²) in [6.45, 7) is 0. The minimum atomic E-state index is 1.08. The fourth-order valence-electron chi connectivity index (χ4n) is 9.90. The molecule has 0 N–H and O–H groups in total. The van der Waals surface area contributed by atoms with Crippen molar-refractivity contribution in [2.75, 3.05) is 9.80 Å². The average molecular weight is 893 g/mol. The van der Waals surface area contributed by atoms with Gasteiger partial charge in [0.15, 0.2) is 0 Å². The molecule has 0 atom stereocenters. The standard InChI is InChI=1S/C68H48N2/c1-3-13-49(14-4-1)51-25-37-59(38-26-51)69(60-39-27-52(28-40-60)50-15-5-2-6-16-50)61-41-29-53(30-42-61)54-31-43-62(44-32-54)70(63-45-33-57(34-46-63)67-23-11-19-55-17-7-9-21-65(55)67)64-47-35-58(36-48-64)68-24-12-20-56-18-8-10-22-66(56)68/h1-48H. The smallest absolute Gasteiger partial charge is 0.0462 e. The van der Waals surface area contributed by atoms with Gasteiger partial charge in [-0.1, -0.05) is 218 Å². The topological polar surface area (TPSA) is 6.48 Å². The minimum absolute atomic E-state index is 1.08. The quantitative estimate of drug-likeness (QED) is 0.128. The predicted octanol–water partition coefficient (Wildman–Crippen LogP) is 19.3. The van der Waals surface area contributed by atoms with Gasteiger partial charge in [0.25, 0.3) is 0 Å². The van der Waals surface area contributed by atoms with Crippen LogP contribution in [-0.4, -0.2) is 0 Å². The van der Waals surface area contributed by atoms with Crippen LogP contribution in [0.4, 0.5) is 34.1 Å². The molecule has 0 aliphatic rings. The number of fused-ring (bicyclic) bond motifs is 2.